The second-order valence-corrected chi connectivity index (χ2v) is 6.68. The van der Waals surface area contributed by atoms with Gasteiger partial charge in [-0.15, -0.1) is 0 Å². The van der Waals surface area contributed by atoms with E-state index in [0.717, 1.165) is 38.6 Å². The van der Waals surface area contributed by atoms with Gasteiger partial charge in [-0.3, -0.25) is 4.79 Å². The van der Waals surface area contributed by atoms with Gasteiger partial charge in [-0.1, -0.05) is 25.0 Å². The molecule has 1 unspecified atom stereocenters. The molecule has 0 aliphatic heterocycles. The number of aryl methyl sites for hydroxylation is 2. The first kappa shape index (κ1) is 15.1. The highest BCUT2D eigenvalue weighted by molar-refractivity contribution is 5.87. The molecule has 118 valence electrons. The molecule has 1 aliphatic rings. The quantitative estimate of drug-likeness (QED) is 0.914. The Morgan fingerprint density at radius 2 is 2.23 bits per heavy atom. The first-order chi connectivity index (χ1) is 10.6. The fraction of sp³-hybridized carbons (Fsp3) is 0.526. The Bertz CT molecular complexity index is 686. The molecule has 0 saturated carbocycles. The molecule has 1 atom stereocenters. The first-order valence-electron chi connectivity index (χ1n) is 8.45. The molecule has 1 amide bonds. The number of hydrogen-bond acceptors (Lipinski definition) is 1. The third kappa shape index (κ3) is 2.77. The molecule has 1 heterocycles. The van der Waals surface area contributed by atoms with Gasteiger partial charge in [-0.2, -0.15) is 0 Å². The van der Waals surface area contributed by atoms with Gasteiger partial charge < -0.3 is 9.88 Å². The van der Waals surface area contributed by atoms with Crippen LogP contribution in [0.2, 0.25) is 0 Å². The second kappa shape index (κ2) is 6.15. The predicted octanol–water partition coefficient (Wildman–Crippen LogP) is 3.84. The zero-order chi connectivity index (χ0) is 15.7. The van der Waals surface area contributed by atoms with Gasteiger partial charge in [0.25, 0.3) is 0 Å². The molecule has 2 aromatic rings. The highest BCUT2D eigenvalue weighted by Gasteiger charge is 2.29. The number of nitrogens with one attached hydrogen (secondary N) is 1. The number of carbonyl (C=O) groups excluding carboxylic acids is 1. The van der Waals surface area contributed by atoms with Gasteiger partial charge >= 0.3 is 0 Å². The van der Waals surface area contributed by atoms with E-state index in [2.05, 4.69) is 37.0 Å². The lowest BCUT2D eigenvalue weighted by Crippen LogP contribution is -2.36. The van der Waals surface area contributed by atoms with E-state index in [1.807, 2.05) is 11.9 Å². The van der Waals surface area contributed by atoms with Crippen LogP contribution >= 0.6 is 0 Å². The van der Waals surface area contributed by atoms with Crippen molar-refractivity contribution in [2.75, 3.05) is 13.6 Å². The van der Waals surface area contributed by atoms with E-state index in [1.54, 1.807) is 0 Å². The highest BCUT2D eigenvalue weighted by atomic mass is 16.2. The molecule has 22 heavy (non-hydrogen) atoms. The summed E-state index contributed by atoms with van der Waals surface area (Å²) in [5.41, 5.74) is 5.19. The van der Waals surface area contributed by atoms with Crippen molar-refractivity contribution in [1.29, 1.82) is 0 Å². The number of unbranched alkanes of at least 4 members (excludes halogenated alkanes) is 1. The van der Waals surface area contributed by atoms with E-state index in [0.29, 0.717) is 5.91 Å². The molecular weight excluding hydrogens is 272 g/mol. The number of hydrogen-bond donors (Lipinski definition) is 1. The maximum absolute atomic E-state index is 12.7. The lowest BCUT2D eigenvalue weighted by molar-refractivity contribution is -0.134. The van der Waals surface area contributed by atoms with Crippen molar-refractivity contribution in [3.63, 3.8) is 0 Å². The summed E-state index contributed by atoms with van der Waals surface area (Å²) in [4.78, 5) is 18.1. The monoisotopic (exact) mass is 298 g/mol. The topological polar surface area (TPSA) is 36.1 Å². The van der Waals surface area contributed by atoms with Gasteiger partial charge in [0.2, 0.25) is 5.91 Å². The molecule has 1 N–H and O–H groups in total. The molecule has 0 fully saturated rings. The molecule has 0 bridgehead atoms. The molecule has 1 aromatic carbocycles. The van der Waals surface area contributed by atoms with Crippen molar-refractivity contribution in [1.82, 2.24) is 9.88 Å². The second-order valence-electron chi connectivity index (χ2n) is 6.68. The van der Waals surface area contributed by atoms with E-state index in [-0.39, 0.29) is 5.92 Å². The zero-order valence-corrected chi connectivity index (χ0v) is 13.9. The summed E-state index contributed by atoms with van der Waals surface area (Å²) >= 11 is 0. The fourth-order valence-electron chi connectivity index (χ4n) is 3.56. The van der Waals surface area contributed by atoms with Crippen molar-refractivity contribution in [3.05, 3.63) is 35.0 Å². The molecule has 3 heteroatoms. The summed E-state index contributed by atoms with van der Waals surface area (Å²) in [5.74, 6) is 0.468. The van der Waals surface area contributed by atoms with Crippen LogP contribution in [0.3, 0.4) is 0 Å². The van der Waals surface area contributed by atoms with Gasteiger partial charge in [0, 0.05) is 36.1 Å². The number of benzene rings is 1. The standard InChI is InChI=1S/C19H26N2O/c1-4-5-10-21(3)19(22)14-7-9-18-16(12-14)15-11-13(2)6-8-17(15)20-18/h6,8,11,14,20H,4-5,7,9-10,12H2,1-3H3. The summed E-state index contributed by atoms with van der Waals surface area (Å²) < 4.78 is 0. The maximum Gasteiger partial charge on any atom is 0.225 e. The number of carbonyl (C=O) groups is 1. The van der Waals surface area contributed by atoms with Crippen molar-refractivity contribution < 1.29 is 4.79 Å². The lowest BCUT2D eigenvalue weighted by atomic mass is 9.85. The molecule has 0 radical (unpaired) electrons. The summed E-state index contributed by atoms with van der Waals surface area (Å²) in [6.45, 7) is 5.17. The van der Waals surface area contributed by atoms with Gasteiger partial charge in [0.15, 0.2) is 0 Å². The number of aromatic nitrogens is 1. The van der Waals surface area contributed by atoms with Crippen LogP contribution < -0.4 is 0 Å². The molecule has 3 rings (SSSR count). The van der Waals surface area contributed by atoms with Crippen molar-refractivity contribution in [2.45, 2.75) is 46.0 Å². The largest absolute Gasteiger partial charge is 0.358 e. The van der Waals surface area contributed by atoms with Crippen molar-refractivity contribution >= 4 is 16.8 Å². The van der Waals surface area contributed by atoms with E-state index in [1.165, 1.54) is 27.7 Å². The Morgan fingerprint density at radius 1 is 1.41 bits per heavy atom. The summed E-state index contributed by atoms with van der Waals surface area (Å²) in [7, 11) is 1.95. The molecular formula is C19H26N2O. The summed E-state index contributed by atoms with van der Waals surface area (Å²) in [6.07, 6.45) is 5.06. The van der Waals surface area contributed by atoms with Crippen LogP contribution in [0.25, 0.3) is 10.9 Å². The van der Waals surface area contributed by atoms with Crippen LogP contribution in [0.5, 0.6) is 0 Å². The van der Waals surface area contributed by atoms with Gasteiger partial charge in [-0.25, -0.2) is 0 Å². The lowest BCUT2D eigenvalue weighted by Gasteiger charge is -2.26. The van der Waals surface area contributed by atoms with Gasteiger partial charge in [0.1, 0.15) is 0 Å². The minimum Gasteiger partial charge on any atom is -0.358 e. The molecule has 3 nitrogen and oxygen atoms in total. The first-order valence-corrected chi connectivity index (χ1v) is 8.45. The highest BCUT2D eigenvalue weighted by Crippen LogP contribution is 2.33. The minimum atomic E-state index is 0.147. The Kier molecular flexibility index (Phi) is 4.23. The Hall–Kier alpha value is -1.77. The SMILES string of the molecule is CCCCN(C)C(=O)C1CCc2[nH]c3ccc(C)cc3c2C1. The smallest absolute Gasteiger partial charge is 0.225 e. The Morgan fingerprint density at radius 3 is 3.00 bits per heavy atom. The number of aromatic amines is 1. The molecule has 1 aliphatic carbocycles. The number of H-pyrrole nitrogens is 1. The number of rotatable bonds is 4. The Balaban J connectivity index is 1.82. The van der Waals surface area contributed by atoms with Crippen molar-refractivity contribution in [3.8, 4) is 0 Å². The van der Waals surface area contributed by atoms with Gasteiger partial charge in [-0.05, 0) is 50.3 Å². The van der Waals surface area contributed by atoms with Crippen LogP contribution in [0.1, 0.15) is 43.0 Å². The normalized spacial score (nSPS) is 17.5. The van der Waals surface area contributed by atoms with E-state index < -0.39 is 0 Å². The summed E-state index contributed by atoms with van der Waals surface area (Å²) in [6, 6.07) is 6.55. The van der Waals surface area contributed by atoms with Crippen LogP contribution in [-0.2, 0) is 17.6 Å². The van der Waals surface area contributed by atoms with Crippen LogP contribution in [-0.4, -0.2) is 29.4 Å². The Labute approximate surface area is 132 Å². The van der Waals surface area contributed by atoms with Gasteiger partial charge in [0.05, 0.1) is 0 Å². The molecule has 0 spiro atoms. The average Bonchev–Trinajstić information content (AvgIpc) is 2.89. The fourth-order valence-corrected chi connectivity index (χ4v) is 3.56. The van der Waals surface area contributed by atoms with E-state index in [4.69, 9.17) is 0 Å². The third-order valence-electron chi connectivity index (χ3n) is 4.92. The molecule has 0 saturated heterocycles. The predicted molar refractivity (Wildman–Crippen MR) is 91.1 cm³/mol. The van der Waals surface area contributed by atoms with Crippen LogP contribution in [0, 0.1) is 12.8 Å². The number of amides is 1. The summed E-state index contributed by atoms with van der Waals surface area (Å²) in [5, 5.41) is 1.31. The molecule has 1 aromatic heterocycles. The average molecular weight is 298 g/mol. The third-order valence-corrected chi connectivity index (χ3v) is 4.92. The zero-order valence-electron chi connectivity index (χ0n) is 13.9. The van der Waals surface area contributed by atoms with Crippen LogP contribution in [0.15, 0.2) is 18.2 Å². The maximum atomic E-state index is 12.7. The minimum absolute atomic E-state index is 0.147. The van der Waals surface area contributed by atoms with Crippen molar-refractivity contribution in [2.24, 2.45) is 5.92 Å². The number of fused-ring (bicyclic) bond motifs is 3. The van der Waals surface area contributed by atoms with Crippen LogP contribution in [0.4, 0.5) is 0 Å². The number of nitrogens with zero attached hydrogens (tertiary/aromatic N) is 1. The van der Waals surface area contributed by atoms with E-state index >= 15 is 0 Å². The van der Waals surface area contributed by atoms with E-state index in [9.17, 15) is 4.79 Å².